The summed E-state index contributed by atoms with van der Waals surface area (Å²) in [6.07, 6.45) is 0.975. The van der Waals surface area contributed by atoms with Crippen LogP contribution in [0.25, 0.3) is 10.8 Å². The van der Waals surface area contributed by atoms with Gasteiger partial charge < -0.3 is 9.64 Å². The molecule has 1 amide bonds. The molecule has 0 spiro atoms. The zero-order valence-electron chi connectivity index (χ0n) is 14.5. The maximum atomic E-state index is 13.0. The summed E-state index contributed by atoms with van der Waals surface area (Å²) < 4.78 is 5.28. The fourth-order valence-corrected chi connectivity index (χ4v) is 4.38. The number of methoxy groups -OCH3 is 1. The first-order valence-corrected chi connectivity index (χ1v) is 9.45. The van der Waals surface area contributed by atoms with Crippen LogP contribution >= 0.6 is 11.3 Å². The predicted molar refractivity (Wildman–Crippen MR) is 102 cm³/mol. The largest absolute Gasteiger partial charge is 0.497 e. The fourth-order valence-electron chi connectivity index (χ4n) is 3.49. The summed E-state index contributed by atoms with van der Waals surface area (Å²) in [4.78, 5) is 16.4. The van der Waals surface area contributed by atoms with Gasteiger partial charge in [-0.3, -0.25) is 4.79 Å². The van der Waals surface area contributed by atoms with Gasteiger partial charge in [0.1, 0.15) is 5.75 Å². The monoisotopic (exact) mass is 351 g/mol. The Morgan fingerprint density at radius 3 is 2.80 bits per heavy atom. The number of thiophene rings is 1. The van der Waals surface area contributed by atoms with E-state index >= 15 is 0 Å². The van der Waals surface area contributed by atoms with Crippen molar-refractivity contribution >= 4 is 28.0 Å². The van der Waals surface area contributed by atoms with E-state index in [0.29, 0.717) is 0 Å². The highest BCUT2D eigenvalue weighted by atomic mass is 32.1. The smallest absolute Gasteiger partial charge is 0.230 e. The van der Waals surface area contributed by atoms with Gasteiger partial charge in [0.2, 0.25) is 5.91 Å². The molecule has 0 radical (unpaired) electrons. The average Bonchev–Trinajstić information content (AvgIpc) is 3.13. The predicted octanol–water partition coefficient (Wildman–Crippen LogP) is 4.60. The minimum absolute atomic E-state index is 0.133. The second-order valence-corrected chi connectivity index (χ2v) is 7.57. The van der Waals surface area contributed by atoms with Crippen LogP contribution in [-0.2, 0) is 17.8 Å². The molecule has 1 aliphatic rings. The Balaban J connectivity index is 1.57. The first-order chi connectivity index (χ1) is 12.2. The molecule has 4 heteroatoms. The van der Waals surface area contributed by atoms with Gasteiger partial charge in [-0.15, -0.1) is 11.3 Å². The third-order valence-corrected chi connectivity index (χ3v) is 6.08. The van der Waals surface area contributed by atoms with Crippen LogP contribution in [0.5, 0.6) is 5.75 Å². The van der Waals surface area contributed by atoms with Gasteiger partial charge in [0.05, 0.1) is 13.0 Å². The molecule has 0 N–H and O–H groups in total. The van der Waals surface area contributed by atoms with Gasteiger partial charge in [-0.25, -0.2) is 0 Å². The molecule has 25 heavy (non-hydrogen) atoms. The fraction of sp³-hybridized carbons (Fsp3) is 0.286. The van der Waals surface area contributed by atoms with Crippen LogP contribution in [0.1, 0.15) is 28.8 Å². The lowest BCUT2D eigenvalue weighted by Gasteiger charge is -2.29. The summed E-state index contributed by atoms with van der Waals surface area (Å²) in [5.74, 6) is 0.931. The van der Waals surface area contributed by atoms with E-state index in [4.69, 9.17) is 4.74 Å². The van der Waals surface area contributed by atoms with Crippen LogP contribution in [0.2, 0.25) is 0 Å². The van der Waals surface area contributed by atoms with Crippen LogP contribution in [0, 0.1) is 0 Å². The molecule has 0 aliphatic carbocycles. The highest BCUT2D eigenvalue weighted by Crippen LogP contribution is 2.29. The molecule has 0 fully saturated rings. The number of benzene rings is 2. The molecule has 0 saturated carbocycles. The number of rotatable bonds is 3. The lowest BCUT2D eigenvalue weighted by Crippen LogP contribution is -2.37. The number of nitrogens with zero attached hydrogens (tertiary/aromatic N) is 1. The topological polar surface area (TPSA) is 29.5 Å². The first kappa shape index (κ1) is 16.2. The van der Waals surface area contributed by atoms with Crippen LogP contribution in [0.4, 0.5) is 0 Å². The highest BCUT2D eigenvalue weighted by Gasteiger charge is 2.26. The van der Waals surface area contributed by atoms with Crippen molar-refractivity contribution in [3.8, 4) is 5.75 Å². The standard InChI is InChI=1S/C21H21NO2S/c1-14(21(23)22-9-7-20-18(13-22)8-10-25-20)15-3-4-17-12-19(24-2)6-5-16(17)11-15/h3-6,8,10-12,14H,7,9,13H2,1-2H3/t14-/m0/s1. The molecule has 2 heterocycles. The molecular formula is C21H21NO2S. The Morgan fingerprint density at radius 1 is 1.16 bits per heavy atom. The van der Waals surface area contributed by atoms with Crippen LogP contribution in [-0.4, -0.2) is 24.5 Å². The van der Waals surface area contributed by atoms with Crippen molar-refractivity contribution in [3.63, 3.8) is 0 Å². The number of carbonyl (C=O) groups is 1. The van der Waals surface area contributed by atoms with Gasteiger partial charge in [0.15, 0.2) is 0 Å². The van der Waals surface area contributed by atoms with E-state index in [1.54, 1.807) is 18.4 Å². The van der Waals surface area contributed by atoms with E-state index in [9.17, 15) is 4.79 Å². The van der Waals surface area contributed by atoms with Crippen molar-refractivity contribution in [1.82, 2.24) is 4.90 Å². The Bertz CT molecular complexity index is 931. The van der Waals surface area contributed by atoms with Gasteiger partial charge >= 0.3 is 0 Å². The second-order valence-electron chi connectivity index (χ2n) is 6.57. The number of hydrogen-bond donors (Lipinski definition) is 0. The van der Waals surface area contributed by atoms with E-state index in [1.165, 1.54) is 10.4 Å². The molecular weight excluding hydrogens is 330 g/mol. The quantitative estimate of drug-likeness (QED) is 0.690. The van der Waals surface area contributed by atoms with E-state index in [1.807, 2.05) is 30.0 Å². The van der Waals surface area contributed by atoms with E-state index in [2.05, 4.69) is 29.6 Å². The van der Waals surface area contributed by atoms with E-state index in [0.717, 1.165) is 41.6 Å². The minimum atomic E-state index is -0.133. The highest BCUT2D eigenvalue weighted by molar-refractivity contribution is 7.10. The van der Waals surface area contributed by atoms with Crippen LogP contribution in [0.15, 0.2) is 47.8 Å². The summed E-state index contributed by atoms with van der Waals surface area (Å²) in [5, 5.41) is 4.39. The summed E-state index contributed by atoms with van der Waals surface area (Å²) >= 11 is 1.80. The SMILES string of the molecule is COc1ccc2cc([C@H](C)C(=O)N3CCc4sccc4C3)ccc2c1. The van der Waals surface area contributed by atoms with E-state index < -0.39 is 0 Å². The molecule has 4 rings (SSSR count). The number of carbonyl (C=O) groups excluding carboxylic acids is 1. The number of fused-ring (bicyclic) bond motifs is 2. The van der Waals surface area contributed by atoms with Crippen LogP contribution < -0.4 is 4.74 Å². The summed E-state index contributed by atoms with van der Waals surface area (Å²) in [5.41, 5.74) is 2.38. The van der Waals surface area contributed by atoms with Gasteiger partial charge in [-0.1, -0.05) is 24.3 Å². The van der Waals surface area contributed by atoms with Crippen molar-refractivity contribution < 1.29 is 9.53 Å². The van der Waals surface area contributed by atoms with Crippen molar-refractivity contribution in [2.75, 3.05) is 13.7 Å². The molecule has 1 aromatic heterocycles. The van der Waals surface area contributed by atoms with E-state index in [-0.39, 0.29) is 11.8 Å². The second kappa shape index (κ2) is 6.52. The molecule has 1 aliphatic heterocycles. The summed E-state index contributed by atoms with van der Waals surface area (Å²) in [7, 11) is 1.67. The lowest BCUT2D eigenvalue weighted by atomic mass is 9.95. The number of amides is 1. The van der Waals surface area contributed by atoms with Crippen molar-refractivity contribution in [3.05, 3.63) is 63.8 Å². The molecule has 2 aromatic carbocycles. The number of ether oxygens (including phenoxy) is 1. The Hall–Kier alpha value is -2.33. The summed E-state index contributed by atoms with van der Waals surface area (Å²) in [6, 6.07) is 14.4. The zero-order valence-corrected chi connectivity index (χ0v) is 15.3. The Labute approximate surface area is 151 Å². The van der Waals surface area contributed by atoms with Crippen LogP contribution in [0.3, 0.4) is 0 Å². The number of hydrogen-bond acceptors (Lipinski definition) is 3. The average molecular weight is 351 g/mol. The summed E-state index contributed by atoms with van der Waals surface area (Å²) in [6.45, 7) is 3.57. The normalized spacial score (nSPS) is 15.0. The molecule has 0 bridgehead atoms. The maximum Gasteiger partial charge on any atom is 0.230 e. The molecule has 3 aromatic rings. The molecule has 0 unspecified atom stereocenters. The van der Waals surface area contributed by atoms with Gasteiger partial charge in [0, 0.05) is 18.0 Å². The Morgan fingerprint density at radius 2 is 1.96 bits per heavy atom. The Kier molecular flexibility index (Phi) is 4.22. The van der Waals surface area contributed by atoms with Crippen molar-refractivity contribution in [2.24, 2.45) is 0 Å². The third-order valence-electron chi connectivity index (χ3n) is 5.06. The van der Waals surface area contributed by atoms with Gasteiger partial charge in [-0.2, -0.15) is 0 Å². The third kappa shape index (κ3) is 3.02. The van der Waals surface area contributed by atoms with Crippen molar-refractivity contribution in [1.29, 1.82) is 0 Å². The molecule has 128 valence electrons. The van der Waals surface area contributed by atoms with Gasteiger partial charge in [0.25, 0.3) is 0 Å². The zero-order chi connectivity index (χ0) is 17.4. The first-order valence-electron chi connectivity index (χ1n) is 8.57. The lowest BCUT2D eigenvalue weighted by molar-refractivity contribution is -0.133. The van der Waals surface area contributed by atoms with Crippen molar-refractivity contribution in [2.45, 2.75) is 25.8 Å². The molecule has 0 saturated heterocycles. The van der Waals surface area contributed by atoms with Gasteiger partial charge in [-0.05, 0) is 58.8 Å². The minimum Gasteiger partial charge on any atom is -0.497 e. The molecule has 1 atom stereocenters. The molecule has 3 nitrogen and oxygen atoms in total. The maximum absolute atomic E-state index is 13.0.